The highest BCUT2D eigenvalue weighted by Gasteiger charge is 2.27. The number of aliphatic hydroxyl groups is 3. The average Bonchev–Trinajstić information content (AvgIpc) is 2.48. The Morgan fingerprint density at radius 1 is 1.25 bits per heavy atom. The lowest BCUT2D eigenvalue weighted by Gasteiger charge is -2.28. The van der Waals surface area contributed by atoms with E-state index >= 15 is 0 Å². The van der Waals surface area contributed by atoms with E-state index in [9.17, 15) is 25.4 Å². The van der Waals surface area contributed by atoms with E-state index in [1.807, 2.05) is 0 Å². The maximum absolute atomic E-state index is 10.8. The van der Waals surface area contributed by atoms with Crippen LogP contribution in [0.2, 0.25) is 0 Å². The molecule has 0 fully saturated rings. The van der Waals surface area contributed by atoms with Gasteiger partial charge >= 0.3 is 0 Å². The van der Waals surface area contributed by atoms with Gasteiger partial charge in [0.05, 0.1) is 43.5 Å². The van der Waals surface area contributed by atoms with Crippen molar-refractivity contribution in [3.63, 3.8) is 0 Å². The van der Waals surface area contributed by atoms with Crippen molar-refractivity contribution in [2.45, 2.75) is 12.1 Å². The molecule has 0 saturated carbocycles. The normalized spacial score (nSPS) is 11.4. The van der Waals surface area contributed by atoms with Crippen molar-refractivity contribution in [2.24, 2.45) is 0 Å². The van der Waals surface area contributed by atoms with Crippen molar-refractivity contribution in [3.8, 4) is 5.75 Å². The first-order valence-electron chi connectivity index (χ1n) is 5.90. The van der Waals surface area contributed by atoms with Gasteiger partial charge in [0.15, 0.2) is 0 Å². The highest BCUT2D eigenvalue weighted by atomic mass is 16.6. The second kappa shape index (κ2) is 7.15. The van der Waals surface area contributed by atoms with Gasteiger partial charge < -0.3 is 25.4 Å². The molecule has 0 radical (unpaired) electrons. The number of hydrogen-bond acceptors (Lipinski definition) is 7. The number of ether oxygens (including phenoxy) is 1. The van der Waals surface area contributed by atoms with Crippen LogP contribution in [0, 0.1) is 10.1 Å². The lowest BCUT2D eigenvalue weighted by Crippen LogP contribution is -2.54. The largest absolute Gasteiger partial charge is 0.496 e. The van der Waals surface area contributed by atoms with Crippen molar-refractivity contribution in [3.05, 3.63) is 33.9 Å². The van der Waals surface area contributed by atoms with E-state index in [0.717, 1.165) is 0 Å². The van der Waals surface area contributed by atoms with Gasteiger partial charge in [0.1, 0.15) is 5.75 Å². The molecule has 1 aromatic carbocycles. The zero-order valence-corrected chi connectivity index (χ0v) is 11.1. The minimum atomic E-state index is -1.24. The van der Waals surface area contributed by atoms with Gasteiger partial charge in [-0.25, -0.2) is 0 Å². The van der Waals surface area contributed by atoms with E-state index in [4.69, 9.17) is 4.74 Å². The number of hydrogen-bond donors (Lipinski definition) is 4. The minimum absolute atomic E-state index is 0.122. The molecule has 0 bridgehead atoms. The van der Waals surface area contributed by atoms with Crippen LogP contribution in [0.25, 0.3) is 0 Å². The van der Waals surface area contributed by atoms with Crippen molar-refractivity contribution in [1.29, 1.82) is 0 Å². The number of nitro benzene ring substituents is 1. The summed E-state index contributed by atoms with van der Waals surface area (Å²) >= 11 is 0. The van der Waals surface area contributed by atoms with Crippen LogP contribution in [0.1, 0.15) is 5.56 Å². The maximum atomic E-state index is 10.8. The molecule has 0 aliphatic heterocycles. The third-order valence-electron chi connectivity index (χ3n) is 2.97. The average molecular weight is 286 g/mol. The molecule has 0 aliphatic carbocycles. The molecule has 0 spiro atoms. The summed E-state index contributed by atoms with van der Waals surface area (Å²) in [6.45, 7) is -1.27. The van der Waals surface area contributed by atoms with Crippen molar-refractivity contribution in [2.75, 3.05) is 26.9 Å². The molecule has 112 valence electrons. The number of non-ortho nitro benzene ring substituents is 1. The number of methoxy groups -OCH3 is 1. The standard InChI is InChI=1S/C12H18N2O6/c1-20-11-3-9(2-10(4-11)14(18)19)5-13-12(6-15,7-16)8-17/h2-4,13,15-17H,5-8H2,1H3. The van der Waals surface area contributed by atoms with Crippen LogP contribution in [0.5, 0.6) is 5.75 Å². The van der Waals surface area contributed by atoms with E-state index in [1.54, 1.807) is 6.07 Å². The predicted octanol–water partition coefficient (Wildman–Crippen LogP) is -0.591. The molecular formula is C12H18N2O6. The zero-order chi connectivity index (χ0) is 15.2. The second-order valence-electron chi connectivity index (χ2n) is 4.40. The Morgan fingerprint density at radius 2 is 1.85 bits per heavy atom. The molecule has 0 amide bonds. The van der Waals surface area contributed by atoms with Crippen LogP contribution in [-0.2, 0) is 6.54 Å². The van der Waals surface area contributed by atoms with Crippen LogP contribution in [-0.4, -0.2) is 52.7 Å². The second-order valence-corrected chi connectivity index (χ2v) is 4.40. The molecule has 8 heteroatoms. The number of aliphatic hydroxyl groups excluding tert-OH is 3. The molecule has 1 rings (SSSR count). The summed E-state index contributed by atoms with van der Waals surface area (Å²) in [5.41, 5.74) is -0.822. The SMILES string of the molecule is COc1cc(CNC(CO)(CO)CO)cc([N+](=O)[O-])c1. The van der Waals surface area contributed by atoms with Gasteiger partial charge in [-0.1, -0.05) is 0 Å². The number of nitro groups is 1. The van der Waals surface area contributed by atoms with Crippen LogP contribution in [0.15, 0.2) is 18.2 Å². The van der Waals surface area contributed by atoms with E-state index in [1.165, 1.54) is 19.2 Å². The first-order chi connectivity index (χ1) is 9.50. The van der Waals surface area contributed by atoms with E-state index in [-0.39, 0.29) is 12.2 Å². The number of nitrogens with one attached hydrogen (secondary N) is 1. The number of benzene rings is 1. The van der Waals surface area contributed by atoms with E-state index in [0.29, 0.717) is 11.3 Å². The maximum Gasteiger partial charge on any atom is 0.273 e. The minimum Gasteiger partial charge on any atom is -0.496 e. The molecule has 8 nitrogen and oxygen atoms in total. The first kappa shape index (κ1) is 16.3. The fourth-order valence-corrected chi connectivity index (χ4v) is 1.58. The van der Waals surface area contributed by atoms with E-state index < -0.39 is 30.3 Å². The predicted molar refractivity (Wildman–Crippen MR) is 70.5 cm³/mol. The smallest absolute Gasteiger partial charge is 0.273 e. The molecular weight excluding hydrogens is 268 g/mol. The quantitative estimate of drug-likeness (QED) is 0.372. The lowest BCUT2D eigenvalue weighted by molar-refractivity contribution is -0.385. The molecule has 0 atom stereocenters. The molecule has 0 saturated heterocycles. The summed E-state index contributed by atoms with van der Waals surface area (Å²) in [5.74, 6) is 0.332. The van der Waals surface area contributed by atoms with Gasteiger partial charge in [0.2, 0.25) is 0 Å². The fourth-order valence-electron chi connectivity index (χ4n) is 1.58. The molecule has 20 heavy (non-hydrogen) atoms. The Balaban J connectivity index is 2.91. The summed E-state index contributed by atoms with van der Waals surface area (Å²) in [6.07, 6.45) is 0. The Bertz CT molecular complexity index is 453. The molecule has 1 aromatic rings. The summed E-state index contributed by atoms with van der Waals surface area (Å²) in [7, 11) is 1.40. The Kier molecular flexibility index (Phi) is 5.83. The van der Waals surface area contributed by atoms with Crippen LogP contribution in [0.4, 0.5) is 5.69 Å². The summed E-state index contributed by atoms with van der Waals surface area (Å²) in [5, 5.41) is 41.1. The van der Waals surface area contributed by atoms with Gasteiger partial charge in [-0.2, -0.15) is 0 Å². The third kappa shape index (κ3) is 3.87. The third-order valence-corrected chi connectivity index (χ3v) is 2.97. The van der Waals surface area contributed by atoms with Crippen LogP contribution < -0.4 is 10.1 Å². The van der Waals surface area contributed by atoms with Gasteiger partial charge in [-0.3, -0.25) is 10.1 Å². The first-order valence-corrected chi connectivity index (χ1v) is 5.90. The van der Waals surface area contributed by atoms with Gasteiger partial charge in [0.25, 0.3) is 5.69 Å². The monoisotopic (exact) mass is 286 g/mol. The highest BCUT2D eigenvalue weighted by molar-refractivity contribution is 5.42. The fraction of sp³-hybridized carbons (Fsp3) is 0.500. The van der Waals surface area contributed by atoms with E-state index in [2.05, 4.69) is 5.32 Å². The molecule has 0 aromatic heterocycles. The summed E-state index contributed by atoms with van der Waals surface area (Å²) in [4.78, 5) is 10.3. The summed E-state index contributed by atoms with van der Waals surface area (Å²) < 4.78 is 4.98. The van der Waals surface area contributed by atoms with Crippen molar-refractivity contribution < 1.29 is 25.0 Å². The Hall–Kier alpha value is -1.74. The van der Waals surface area contributed by atoms with Crippen LogP contribution >= 0.6 is 0 Å². The Morgan fingerprint density at radius 3 is 2.30 bits per heavy atom. The number of rotatable bonds is 8. The van der Waals surface area contributed by atoms with Gasteiger partial charge in [0, 0.05) is 12.6 Å². The molecule has 0 aliphatic rings. The molecule has 4 N–H and O–H groups in total. The highest BCUT2D eigenvalue weighted by Crippen LogP contribution is 2.22. The van der Waals surface area contributed by atoms with Gasteiger partial charge in [-0.15, -0.1) is 0 Å². The lowest BCUT2D eigenvalue weighted by atomic mass is 10.0. The number of nitrogens with zero attached hydrogens (tertiary/aromatic N) is 1. The Labute approximate surface area is 115 Å². The zero-order valence-electron chi connectivity index (χ0n) is 11.1. The molecule has 0 heterocycles. The van der Waals surface area contributed by atoms with Crippen molar-refractivity contribution in [1.82, 2.24) is 5.32 Å². The molecule has 0 unspecified atom stereocenters. The topological polar surface area (TPSA) is 125 Å². The van der Waals surface area contributed by atoms with Crippen LogP contribution in [0.3, 0.4) is 0 Å². The summed E-state index contributed by atoms with van der Waals surface area (Å²) in [6, 6.07) is 4.24. The van der Waals surface area contributed by atoms with Gasteiger partial charge in [-0.05, 0) is 11.6 Å². The van der Waals surface area contributed by atoms with Crippen molar-refractivity contribution >= 4 is 5.69 Å².